The molecule has 19 heavy (non-hydrogen) atoms. The van der Waals surface area contributed by atoms with E-state index in [1.165, 1.54) is 6.07 Å². The number of aromatic amines is 1. The van der Waals surface area contributed by atoms with Crippen LogP contribution in [-0.4, -0.2) is 16.1 Å². The molecule has 0 bridgehead atoms. The van der Waals surface area contributed by atoms with Crippen molar-refractivity contribution in [1.82, 2.24) is 10.2 Å². The lowest BCUT2D eigenvalue weighted by atomic mass is 10.2. The fourth-order valence-corrected chi connectivity index (χ4v) is 2.17. The van der Waals surface area contributed by atoms with Crippen molar-refractivity contribution >= 4 is 34.9 Å². The van der Waals surface area contributed by atoms with Crippen molar-refractivity contribution in [2.75, 3.05) is 5.32 Å². The Balaban J connectivity index is 2.11. The molecule has 0 aliphatic heterocycles. The fourth-order valence-electron chi connectivity index (χ4n) is 1.68. The number of nitrogens with one attached hydrogen (secondary N) is 2. The predicted molar refractivity (Wildman–Crippen MR) is 77.0 cm³/mol. The van der Waals surface area contributed by atoms with Gasteiger partial charge in [-0.15, -0.1) is 0 Å². The summed E-state index contributed by atoms with van der Waals surface area (Å²) in [4.78, 5) is 12.0. The van der Waals surface area contributed by atoms with Crippen molar-refractivity contribution in [3.63, 3.8) is 0 Å². The Kier molecular flexibility index (Phi) is 4.45. The zero-order chi connectivity index (χ0) is 13.8. The summed E-state index contributed by atoms with van der Waals surface area (Å²) in [7, 11) is 0. The fraction of sp³-hybridized carbons (Fsp3) is 0.231. The minimum atomic E-state index is -0.309. The van der Waals surface area contributed by atoms with Gasteiger partial charge in [0.2, 0.25) is 0 Å². The first-order valence-electron chi connectivity index (χ1n) is 5.91. The van der Waals surface area contributed by atoms with E-state index in [1.54, 1.807) is 12.1 Å². The Labute approximate surface area is 121 Å². The van der Waals surface area contributed by atoms with Crippen molar-refractivity contribution in [3.8, 4) is 0 Å². The molecule has 1 aromatic carbocycles. The summed E-state index contributed by atoms with van der Waals surface area (Å²) in [5, 5.41) is 10.4. The Morgan fingerprint density at radius 2 is 2.16 bits per heavy atom. The van der Waals surface area contributed by atoms with Gasteiger partial charge in [-0.25, -0.2) is 0 Å². The van der Waals surface area contributed by atoms with E-state index in [-0.39, 0.29) is 5.91 Å². The lowest BCUT2D eigenvalue weighted by Crippen LogP contribution is -2.12. The first-order valence-corrected chi connectivity index (χ1v) is 6.66. The molecule has 1 aromatic heterocycles. The van der Waals surface area contributed by atoms with Crippen LogP contribution in [0.2, 0.25) is 10.0 Å². The van der Waals surface area contributed by atoms with Crippen LogP contribution in [0.1, 0.15) is 29.4 Å². The first kappa shape index (κ1) is 13.9. The molecule has 0 saturated heterocycles. The maximum atomic E-state index is 12.0. The number of aromatic nitrogens is 2. The largest absolute Gasteiger partial charge is 0.305 e. The summed E-state index contributed by atoms with van der Waals surface area (Å²) in [5.74, 6) is 0.177. The molecule has 0 aliphatic carbocycles. The number of amides is 1. The van der Waals surface area contributed by atoms with Gasteiger partial charge in [0.05, 0.1) is 10.6 Å². The molecule has 2 aromatic rings. The average molecular weight is 298 g/mol. The van der Waals surface area contributed by atoms with E-state index in [4.69, 9.17) is 23.2 Å². The van der Waals surface area contributed by atoms with Crippen molar-refractivity contribution in [3.05, 3.63) is 45.6 Å². The maximum absolute atomic E-state index is 12.0. The van der Waals surface area contributed by atoms with Crippen LogP contribution in [0.3, 0.4) is 0 Å². The van der Waals surface area contributed by atoms with Crippen LogP contribution in [0, 0.1) is 0 Å². The van der Waals surface area contributed by atoms with E-state index in [1.807, 2.05) is 6.07 Å². The first-order chi connectivity index (χ1) is 9.10. The molecule has 0 saturated carbocycles. The van der Waals surface area contributed by atoms with E-state index < -0.39 is 0 Å². The minimum absolute atomic E-state index is 0.309. The molecule has 0 aliphatic rings. The molecule has 0 radical (unpaired) electrons. The third-order valence-corrected chi connectivity index (χ3v) is 3.12. The quantitative estimate of drug-likeness (QED) is 0.898. The van der Waals surface area contributed by atoms with Crippen LogP contribution in [-0.2, 0) is 6.42 Å². The van der Waals surface area contributed by atoms with Crippen LogP contribution in [0.5, 0.6) is 0 Å². The summed E-state index contributed by atoms with van der Waals surface area (Å²) in [6.45, 7) is 2.08. The van der Waals surface area contributed by atoms with Crippen LogP contribution in [0.15, 0.2) is 24.3 Å². The monoisotopic (exact) mass is 297 g/mol. The molecule has 1 heterocycles. The van der Waals surface area contributed by atoms with Gasteiger partial charge < -0.3 is 5.32 Å². The lowest BCUT2D eigenvalue weighted by Gasteiger charge is -2.04. The van der Waals surface area contributed by atoms with Crippen molar-refractivity contribution in [2.45, 2.75) is 19.8 Å². The van der Waals surface area contributed by atoms with Gasteiger partial charge in [0.1, 0.15) is 0 Å². The van der Waals surface area contributed by atoms with Gasteiger partial charge in [-0.05, 0) is 24.6 Å². The molecule has 0 unspecified atom stereocenters. The standard InChI is InChI=1S/C13H13Cl2N3O/c1-2-3-9-7-12(18-17-9)16-13(19)10-5-4-8(14)6-11(10)15/h4-7H,2-3H2,1H3,(H2,16,17,18,19). The van der Waals surface area contributed by atoms with E-state index >= 15 is 0 Å². The summed E-state index contributed by atoms with van der Waals surface area (Å²) in [6, 6.07) is 6.55. The summed E-state index contributed by atoms with van der Waals surface area (Å²) < 4.78 is 0. The maximum Gasteiger partial charge on any atom is 0.258 e. The Morgan fingerprint density at radius 3 is 2.84 bits per heavy atom. The number of aryl methyl sites for hydroxylation is 1. The number of hydrogen-bond donors (Lipinski definition) is 2. The summed E-state index contributed by atoms with van der Waals surface area (Å²) in [6.07, 6.45) is 1.91. The van der Waals surface area contributed by atoms with Crippen LogP contribution in [0.4, 0.5) is 5.82 Å². The third-order valence-electron chi connectivity index (χ3n) is 2.57. The van der Waals surface area contributed by atoms with Crippen LogP contribution >= 0.6 is 23.2 Å². The van der Waals surface area contributed by atoms with Gasteiger partial charge in [0.25, 0.3) is 5.91 Å². The van der Waals surface area contributed by atoms with Crippen molar-refractivity contribution in [1.29, 1.82) is 0 Å². The second-order valence-corrected chi connectivity index (χ2v) is 4.95. The van der Waals surface area contributed by atoms with Gasteiger partial charge in [0.15, 0.2) is 5.82 Å². The number of carbonyl (C=O) groups excluding carboxylic acids is 1. The Bertz CT molecular complexity index is 595. The minimum Gasteiger partial charge on any atom is -0.305 e. The van der Waals surface area contributed by atoms with Gasteiger partial charge in [-0.3, -0.25) is 9.89 Å². The highest BCUT2D eigenvalue weighted by atomic mass is 35.5. The molecule has 2 rings (SSSR count). The number of benzene rings is 1. The molecule has 0 spiro atoms. The Hall–Kier alpha value is -1.52. The second-order valence-electron chi connectivity index (χ2n) is 4.11. The molecule has 4 nitrogen and oxygen atoms in total. The molecule has 6 heteroatoms. The normalized spacial score (nSPS) is 10.5. The van der Waals surface area contributed by atoms with Gasteiger partial charge >= 0.3 is 0 Å². The molecule has 0 atom stereocenters. The number of H-pyrrole nitrogens is 1. The van der Waals surface area contributed by atoms with E-state index in [0.717, 1.165) is 18.5 Å². The topological polar surface area (TPSA) is 57.8 Å². The van der Waals surface area contributed by atoms with E-state index in [2.05, 4.69) is 22.4 Å². The third kappa shape index (κ3) is 3.49. The number of rotatable bonds is 4. The second kappa shape index (κ2) is 6.08. The SMILES string of the molecule is CCCc1cc(NC(=O)c2ccc(Cl)cc2Cl)n[nH]1. The predicted octanol–water partition coefficient (Wildman–Crippen LogP) is 3.92. The summed E-state index contributed by atoms with van der Waals surface area (Å²) >= 11 is 11.8. The highest BCUT2D eigenvalue weighted by Gasteiger charge is 2.12. The number of nitrogens with zero attached hydrogens (tertiary/aromatic N) is 1. The van der Waals surface area contributed by atoms with E-state index in [0.29, 0.717) is 21.4 Å². The number of anilines is 1. The van der Waals surface area contributed by atoms with Gasteiger partial charge in [-0.1, -0.05) is 36.5 Å². The number of halogens is 2. The molecule has 1 amide bonds. The molecular formula is C13H13Cl2N3O. The van der Waals surface area contributed by atoms with E-state index in [9.17, 15) is 4.79 Å². The van der Waals surface area contributed by atoms with Crippen LogP contribution < -0.4 is 5.32 Å². The number of hydrogen-bond acceptors (Lipinski definition) is 2. The van der Waals surface area contributed by atoms with Gasteiger partial charge in [0, 0.05) is 16.8 Å². The molecule has 0 fully saturated rings. The lowest BCUT2D eigenvalue weighted by molar-refractivity contribution is 0.102. The summed E-state index contributed by atoms with van der Waals surface area (Å²) in [5.41, 5.74) is 1.35. The average Bonchev–Trinajstić information content (AvgIpc) is 2.76. The van der Waals surface area contributed by atoms with Crippen molar-refractivity contribution < 1.29 is 4.79 Å². The molecule has 2 N–H and O–H groups in total. The highest BCUT2D eigenvalue weighted by molar-refractivity contribution is 6.37. The smallest absolute Gasteiger partial charge is 0.258 e. The van der Waals surface area contributed by atoms with Crippen molar-refractivity contribution in [2.24, 2.45) is 0 Å². The zero-order valence-corrected chi connectivity index (χ0v) is 11.8. The zero-order valence-electron chi connectivity index (χ0n) is 10.3. The Morgan fingerprint density at radius 1 is 1.37 bits per heavy atom. The number of carbonyl (C=O) groups is 1. The highest BCUT2D eigenvalue weighted by Crippen LogP contribution is 2.21. The van der Waals surface area contributed by atoms with Gasteiger partial charge in [-0.2, -0.15) is 5.10 Å². The van der Waals surface area contributed by atoms with Crippen LogP contribution in [0.25, 0.3) is 0 Å². The molecule has 100 valence electrons. The molecular weight excluding hydrogens is 285 g/mol.